The highest BCUT2D eigenvalue weighted by molar-refractivity contribution is 7.93. The van der Waals surface area contributed by atoms with Gasteiger partial charge in [-0.2, -0.15) is 0 Å². The Balaban J connectivity index is 1.75. The molecule has 29 heavy (non-hydrogen) atoms. The van der Waals surface area contributed by atoms with Gasteiger partial charge in [-0.3, -0.25) is 14.5 Å². The van der Waals surface area contributed by atoms with Gasteiger partial charge in [-0.1, -0.05) is 6.07 Å². The maximum Gasteiger partial charge on any atom is 0.253 e. The Morgan fingerprint density at radius 2 is 2.00 bits per heavy atom. The molecule has 2 N–H and O–H groups in total. The third kappa shape index (κ3) is 5.00. The first-order valence-corrected chi connectivity index (χ1v) is 10.6. The number of nitrogens with one attached hydrogen (secondary N) is 2. The van der Waals surface area contributed by atoms with Crippen molar-refractivity contribution in [3.8, 4) is 11.5 Å². The van der Waals surface area contributed by atoms with Gasteiger partial charge in [0.1, 0.15) is 11.5 Å². The maximum atomic E-state index is 12.2. The quantitative estimate of drug-likeness (QED) is 0.614. The first-order chi connectivity index (χ1) is 13.8. The lowest BCUT2D eigenvalue weighted by Gasteiger charge is -2.11. The van der Waals surface area contributed by atoms with Crippen molar-refractivity contribution in [1.29, 1.82) is 0 Å². The van der Waals surface area contributed by atoms with E-state index in [1.165, 1.54) is 6.20 Å². The van der Waals surface area contributed by atoms with Gasteiger partial charge in [0.25, 0.3) is 5.91 Å². The molecule has 0 aliphatic heterocycles. The Morgan fingerprint density at radius 3 is 2.69 bits per heavy atom. The number of carbonyl (C=O) groups is 1. The van der Waals surface area contributed by atoms with Crippen molar-refractivity contribution >= 4 is 21.6 Å². The molecule has 152 valence electrons. The standard InChI is InChI=1S/C20H22N4O4S/c1-13(2)29(26,27)24-17-8-4-6-15(10-17)20-23-18(14(3)28-20)12-22-19(25)16-7-5-9-21-11-16/h4-11,13,24H,12H2,1-3H3,(H,22,25). The predicted molar refractivity (Wildman–Crippen MR) is 110 cm³/mol. The SMILES string of the molecule is Cc1oc(-c2cccc(NS(=O)(=O)C(C)C)c2)nc1CNC(=O)c1cccnc1. The van der Waals surface area contributed by atoms with Crippen LogP contribution in [0.3, 0.4) is 0 Å². The second-order valence-corrected chi connectivity index (χ2v) is 8.96. The van der Waals surface area contributed by atoms with Crippen LogP contribution in [-0.4, -0.2) is 29.5 Å². The van der Waals surface area contributed by atoms with E-state index in [0.29, 0.717) is 34.2 Å². The Hall–Kier alpha value is -3.20. The minimum Gasteiger partial charge on any atom is -0.441 e. The van der Waals surface area contributed by atoms with Gasteiger partial charge in [-0.05, 0) is 51.1 Å². The molecular weight excluding hydrogens is 392 g/mol. The maximum absolute atomic E-state index is 12.2. The molecule has 8 nitrogen and oxygen atoms in total. The van der Waals surface area contributed by atoms with E-state index in [-0.39, 0.29) is 12.5 Å². The van der Waals surface area contributed by atoms with E-state index in [9.17, 15) is 13.2 Å². The number of aryl methyl sites for hydroxylation is 1. The van der Waals surface area contributed by atoms with Crippen molar-refractivity contribution in [2.45, 2.75) is 32.6 Å². The zero-order valence-electron chi connectivity index (χ0n) is 16.3. The molecule has 1 aromatic carbocycles. The van der Waals surface area contributed by atoms with Crippen molar-refractivity contribution in [3.05, 3.63) is 65.8 Å². The van der Waals surface area contributed by atoms with Gasteiger partial charge in [0, 0.05) is 23.6 Å². The summed E-state index contributed by atoms with van der Waals surface area (Å²) in [5.41, 5.74) is 2.10. The normalized spacial score (nSPS) is 11.4. The van der Waals surface area contributed by atoms with Crippen LogP contribution in [0.2, 0.25) is 0 Å². The van der Waals surface area contributed by atoms with Crippen LogP contribution in [0.4, 0.5) is 5.69 Å². The molecular formula is C20H22N4O4S. The van der Waals surface area contributed by atoms with Crippen molar-refractivity contribution in [3.63, 3.8) is 0 Å². The van der Waals surface area contributed by atoms with Gasteiger partial charge in [0.15, 0.2) is 0 Å². The molecule has 9 heteroatoms. The van der Waals surface area contributed by atoms with Crippen LogP contribution in [0.15, 0.2) is 53.2 Å². The van der Waals surface area contributed by atoms with Crippen LogP contribution in [-0.2, 0) is 16.6 Å². The highest BCUT2D eigenvalue weighted by Crippen LogP contribution is 2.25. The number of hydrogen-bond donors (Lipinski definition) is 2. The molecule has 0 radical (unpaired) electrons. The number of carbonyl (C=O) groups excluding carboxylic acids is 1. The van der Waals surface area contributed by atoms with E-state index in [0.717, 1.165) is 0 Å². The summed E-state index contributed by atoms with van der Waals surface area (Å²) in [4.78, 5) is 20.5. The summed E-state index contributed by atoms with van der Waals surface area (Å²) in [6, 6.07) is 10.2. The minimum absolute atomic E-state index is 0.197. The summed E-state index contributed by atoms with van der Waals surface area (Å²) >= 11 is 0. The van der Waals surface area contributed by atoms with Crippen LogP contribution in [0.1, 0.15) is 35.7 Å². The Morgan fingerprint density at radius 1 is 1.21 bits per heavy atom. The van der Waals surface area contributed by atoms with Crippen LogP contribution in [0, 0.1) is 6.92 Å². The number of anilines is 1. The Bertz CT molecular complexity index is 1110. The van der Waals surface area contributed by atoms with Crippen molar-refractivity contribution in [1.82, 2.24) is 15.3 Å². The van der Waals surface area contributed by atoms with Crippen LogP contribution >= 0.6 is 0 Å². The van der Waals surface area contributed by atoms with E-state index in [1.807, 2.05) is 0 Å². The Kier molecular flexibility index (Phi) is 5.97. The number of oxazole rings is 1. The third-order valence-electron chi connectivity index (χ3n) is 4.22. The lowest BCUT2D eigenvalue weighted by atomic mass is 10.2. The van der Waals surface area contributed by atoms with E-state index in [4.69, 9.17) is 4.42 Å². The molecule has 0 saturated carbocycles. The van der Waals surface area contributed by atoms with Gasteiger partial charge in [-0.25, -0.2) is 13.4 Å². The lowest BCUT2D eigenvalue weighted by Crippen LogP contribution is -2.23. The summed E-state index contributed by atoms with van der Waals surface area (Å²) < 4.78 is 32.4. The molecule has 0 fully saturated rings. The van der Waals surface area contributed by atoms with Crippen LogP contribution in [0.5, 0.6) is 0 Å². The third-order valence-corrected chi connectivity index (χ3v) is 5.98. The van der Waals surface area contributed by atoms with Gasteiger partial charge >= 0.3 is 0 Å². The first-order valence-electron chi connectivity index (χ1n) is 9.03. The van der Waals surface area contributed by atoms with E-state index < -0.39 is 15.3 Å². The second-order valence-electron chi connectivity index (χ2n) is 6.72. The molecule has 0 bridgehead atoms. The molecule has 2 heterocycles. The predicted octanol–water partition coefficient (Wildman–Crippen LogP) is 3.13. The van der Waals surface area contributed by atoms with Crippen LogP contribution < -0.4 is 10.0 Å². The molecule has 2 aromatic heterocycles. The van der Waals surface area contributed by atoms with Crippen molar-refractivity contribution in [2.24, 2.45) is 0 Å². The molecule has 0 aliphatic rings. The fraction of sp³-hybridized carbons (Fsp3) is 0.250. The highest BCUT2D eigenvalue weighted by Gasteiger charge is 2.17. The molecule has 0 aliphatic carbocycles. The van der Waals surface area contributed by atoms with Crippen molar-refractivity contribution in [2.75, 3.05) is 4.72 Å². The number of sulfonamides is 1. The average molecular weight is 414 g/mol. The summed E-state index contributed by atoms with van der Waals surface area (Å²) in [5.74, 6) is 0.658. The molecule has 1 amide bonds. The van der Waals surface area contributed by atoms with Gasteiger partial charge in [0.2, 0.25) is 15.9 Å². The summed E-state index contributed by atoms with van der Waals surface area (Å²) in [6.07, 6.45) is 3.08. The largest absolute Gasteiger partial charge is 0.441 e. The minimum atomic E-state index is -3.45. The molecule has 0 atom stereocenters. The number of pyridine rings is 1. The fourth-order valence-corrected chi connectivity index (χ4v) is 3.17. The van der Waals surface area contributed by atoms with E-state index >= 15 is 0 Å². The van der Waals surface area contributed by atoms with Crippen molar-refractivity contribution < 1.29 is 17.6 Å². The number of hydrogen-bond acceptors (Lipinski definition) is 6. The highest BCUT2D eigenvalue weighted by atomic mass is 32.2. The monoisotopic (exact) mass is 414 g/mol. The number of amides is 1. The van der Waals surface area contributed by atoms with E-state index in [1.54, 1.807) is 63.4 Å². The smallest absolute Gasteiger partial charge is 0.253 e. The fourth-order valence-electron chi connectivity index (χ4n) is 2.48. The molecule has 0 unspecified atom stereocenters. The molecule has 3 aromatic rings. The number of aromatic nitrogens is 2. The number of rotatable bonds is 7. The lowest BCUT2D eigenvalue weighted by molar-refractivity contribution is 0.0950. The van der Waals surface area contributed by atoms with Gasteiger partial charge in [-0.15, -0.1) is 0 Å². The molecule has 0 saturated heterocycles. The van der Waals surface area contributed by atoms with Crippen LogP contribution in [0.25, 0.3) is 11.5 Å². The van der Waals surface area contributed by atoms with Gasteiger partial charge in [0.05, 0.1) is 17.4 Å². The summed E-state index contributed by atoms with van der Waals surface area (Å²) in [7, 11) is -3.45. The number of nitrogens with zero attached hydrogens (tertiary/aromatic N) is 2. The van der Waals surface area contributed by atoms with E-state index in [2.05, 4.69) is 20.0 Å². The topological polar surface area (TPSA) is 114 Å². The summed E-state index contributed by atoms with van der Waals surface area (Å²) in [6.45, 7) is 5.17. The average Bonchev–Trinajstić information content (AvgIpc) is 3.07. The molecule has 0 spiro atoms. The summed E-state index contributed by atoms with van der Waals surface area (Å²) in [5, 5.41) is 2.23. The second kappa shape index (κ2) is 8.44. The molecule has 3 rings (SSSR count). The first kappa shape index (κ1) is 20.5. The number of benzene rings is 1. The zero-order chi connectivity index (χ0) is 21.0. The Labute approximate surface area is 169 Å². The van der Waals surface area contributed by atoms with Gasteiger partial charge < -0.3 is 9.73 Å². The zero-order valence-corrected chi connectivity index (χ0v) is 17.2.